The molecule has 3 aliphatic heterocycles. The lowest BCUT2D eigenvalue weighted by Crippen LogP contribution is -2.67. The fourth-order valence-electron chi connectivity index (χ4n) is 8.31. The molecule has 13 nitrogen and oxygen atoms in total. The molecular weight excluding hydrogens is 842 g/mol. The number of halogens is 5. The van der Waals surface area contributed by atoms with Gasteiger partial charge in [-0.25, -0.2) is 22.8 Å². The summed E-state index contributed by atoms with van der Waals surface area (Å²) < 4.78 is 107. The van der Waals surface area contributed by atoms with Crippen molar-refractivity contribution in [1.82, 2.24) is 25.2 Å². The first-order chi connectivity index (χ1) is 28.9. The maximum absolute atomic E-state index is 17.1. The van der Waals surface area contributed by atoms with Crippen LogP contribution in [0.25, 0.3) is 10.9 Å². The van der Waals surface area contributed by atoms with Crippen LogP contribution in [0.1, 0.15) is 110 Å². The van der Waals surface area contributed by atoms with Crippen molar-refractivity contribution in [2.24, 2.45) is 5.92 Å². The van der Waals surface area contributed by atoms with E-state index >= 15 is 8.78 Å². The summed E-state index contributed by atoms with van der Waals surface area (Å²) >= 11 is 0. The first kappa shape index (κ1) is 45.0. The van der Waals surface area contributed by atoms with Crippen molar-refractivity contribution in [1.29, 1.82) is 0 Å². The van der Waals surface area contributed by atoms with Crippen molar-refractivity contribution < 1.29 is 59.5 Å². The van der Waals surface area contributed by atoms with Crippen LogP contribution in [0, 0.1) is 17.8 Å². The number of carbonyl (C=O) groups is 4. The number of alkyl halides is 5. The Morgan fingerprint density at radius 3 is 2.48 bits per heavy atom. The number of nitrogens with zero attached hydrogens (tertiary/aromatic N) is 2. The van der Waals surface area contributed by atoms with Crippen molar-refractivity contribution >= 4 is 45.7 Å². The summed E-state index contributed by atoms with van der Waals surface area (Å²) in [7, 11) is -0.456. The first-order valence-corrected chi connectivity index (χ1v) is 21.8. The Bertz CT molecular complexity index is 2310. The van der Waals surface area contributed by atoms with Crippen LogP contribution in [-0.2, 0) is 36.0 Å². The van der Waals surface area contributed by atoms with E-state index in [-0.39, 0.29) is 35.2 Å². The molecule has 1 spiro atoms. The van der Waals surface area contributed by atoms with Crippen molar-refractivity contribution in [3.63, 3.8) is 0 Å². The molecular formula is C43H50F5N5O8S. The zero-order valence-electron chi connectivity index (χ0n) is 35.2. The number of rotatable bonds is 7. The van der Waals surface area contributed by atoms with Gasteiger partial charge >= 0.3 is 12.3 Å². The van der Waals surface area contributed by atoms with Crippen LogP contribution in [0.4, 0.5) is 26.7 Å². The standard InChI is InChI=1S/C43H50F5N5O8S/c1-24(2)32-33-31(27-20-26(59-6)14-15-28(27)49-32)42(44,45)22-40(60-33)21-30-34(54)51-41(36(56)52-62(58)39(5)18-19-39)17-16-25(41)12-10-8-7-9-11-13-29(35(55)53(30)23-40)50-37(57)61-38(3,4)43(46,47)48/h10,12,14-15,20,24-25,29-30H,7-9,11,13,18-19,21-23H2,1-6H3,(H,50,57)(H,51,54)(H,52,56)/b12-10-/t25-,29+,30+,40+,41-,62?/m1/s1. The van der Waals surface area contributed by atoms with E-state index in [0.717, 1.165) is 4.90 Å². The number of carbonyl (C=O) groups excluding carboxylic acids is 4. The molecule has 4 amide bonds. The number of hydrogen-bond acceptors (Lipinski definition) is 9. The second kappa shape index (κ2) is 16.0. The van der Waals surface area contributed by atoms with Gasteiger partial charge in [0, 0.05) is 11.8 Å². The summed E-state index contributed by atoms with van der Waals surface area (Å²) in [5.74, 6) is -2.12. The van der Waals surface area contributed by atoms with Crippen molar-refractivity contribution in [2.75, 3.05) is 13.7 Å². The molecule has 4 heterocycles. The van der Waals surface area contributed by atoms with Gasteiger partial charge in [-0.1, -0.05) is 50.7 Å². The quantitative estimate of drug-likeness (QED) is 0.163. The molecule has 1 saturated heterocycles. The van der Waals surface area contributed by atoms with Gasteiger partial charge in [0.1, 0.15) is 34.4 Å². The highest BCUT2D eigenvalue weighted by atomic mass is 32.2. The number of pyridine rings is 1. The average Bonchev–Trinajstić information content (AvgIpc) is 3.83. The zero-order valence-corrected chi connectivity index (χ0v) is 36.0. The smallest absolute Gasteiger partial charge is 0.427 e. The summed E-state index contributed by atoms with van der Waals surface area (Å²) in [5.41, 5.74) is -6.88. The third kappa shape index (κ3) is 8.30. The summed E-state index contributed by atoms with van der Waals surface area (Å²) in [6.45, 7) is 5.89. The topological polar surface area (TPSA) is 165 Å². The molecule has 1 aromatic carbocycles. The Labute approximate surface area is 358 Å². The number of methoxy groups -OCH3 is 1. The summed E-state index contributed by atoms with van der Waals surface area (Å²) in [5, 5.41) is 5.02. The van der Waals surface area contributed by atoms with Gasteiger partial charge in [-0.05, 0) is 77.0 Å². The predicted molar refractivity (Wildman–Crippen MR) is 216 cm³/mol. The zero-order chi connectivity index (χ0) is 45.2. The number of amides is 4. The largest absolute Gasteiger partial charge is 0.497 e. The van der Waals surface area contributed by atoms with E-state index in [0.29, 0.717) is 51.7 Å². The SMILES string of the molecule is COc1ccc2nc(C(C)C)c3c(c2c1)C(F)(F)C[C@]1(C[C@H]2C(=O)N[C@]4(C(=O)NS(=O)C5(C)CC5)C#C[C@H]4/C=C\CCCCC[C@H](NC(=O)OC(C)(C)C(F)(F)F)C(=O)N2C1)O3. The highest BCUT2D eigenvalue weighted by Crippen LogP contribution is 2.55. The van der Waals surface area contributed by atoms with Gasteiger partial charge in [-0.3, -0.25) is 19.1 Å². The number of aromatic nitrogens is 1. The molecule has 336 valence electrons. The molecule has 5 aliphatic rings. The van der Waals surface area contributed by atoms with Crippen LogP contribution in [-0.4, -0.2) is 91.3 Å². The van der Waals surface area contributed by atoms with Crippen molar-refractivity contribution in [3.8, 4) is 23.3 Å². The molecule has 1 aromatic heterocycles. The number of ether oxygens (including phenoxy) is 3. The number of benzene rings is 1. The molecule has 1 unspecified atom stereocenters. The van der Waals surface area contributed by atoms with Gasteiger partial charge in [0.2, 0.25) is 17.4 Å². The van der Waals surface area contributed by atoms with Crippen LogP contribution < -0.4 is 24.8 Å². The van der Waals surface area contributed by atoms with Crippen LogP contribution in [0.15, 0.2) is 30.4 Å². The van der Waals surface area contributed by atoms with E-state index in [2.05, 4.69) is 32.2 Å². The minimum absolute atomic E-state index is 0.0721. The first-order valence-electron chi connectivity index (χ1n) is 20.6. The van der Waals surface area contributed by atoms with Crippen LogP contribution in [0.2, 0.25) is 0 Å². The minimum atomic E-state index is -4.97. The van der Waals surface area contributed by atoms with Gasteiger partial charge in [0.05, 0.1) is 47.5 Å². The molecule has 2 aromatic rings. The lowest BCUT2D eigenvalue weighted by molar-refractivity contribution is -0.244. The fraction of sp³-hybridized carbons (Fsp3) is 0.605. The summed E-state index contributed by atoms with van der Waals surface area (Å²) in [4.78, 5) is 62.5. The Morgan fingerprint density at radius 2 is 1.85 bits per heavy atom. The predicted octanol–water partition coefficient (Wildman–Crippen LogP) is 6.36. The summed E-state index contributed by atoms with van der Waals surface area (Å²) in [6.07, 6.45) is -1.78. The number of alkyl carbamates (subject to hydrolysis) is 1. The average molecular weight is 892 g/mol. The van der Waals surface area contributed by atoms with E-state index in [1.165, 1.54) is 13.2 Å². The van der Waals surface area contributed by atoms with Crippen LogP contribution in [0.5, 0.6) is 11.5 Å². The molecule has 62 heavy (non-hydrogen) atoms. The normalized spacial score (nSPS) is 28.8. The van der Waals surface area contributed by atoms with Gasteiger partial charge < -0.3 is 29.7 Å². The van der Waals surface area contributed by atoms with Crippen LogP contribution in [0.3, 0.4) is 0 Å². The second-order valence-corrected chi connectivity index (χ2v) is 19.7. The van der Waals surface area contributed by atoms with Gasteiger partial charge in [-0.2, -0.15) is 13.2 Å². The van der Waals surface area contributed by atoms with Gasteiger partial charge in [-0.15, -0.1) is 0 Å². The van der Waals surface area contributed by atoms with Crippen molar-refractivity contribution in [3.05, 3.63) is 41.6 Å². The molecule has 2 aliphatic carbocycles. The molecule has 19 heteroatoms. The molecule has 2 fully saturated rings. The number of hydrogen-bond donors (Lipinski definition) is 3. The molecule has 0 radical (unpaired) electrons. The fourth-order valence-corrected chi connectivity index (χ4v) is 9.36. The molecule has 6 atom stereocenters. The third-order valence-electron chi connectivity index (χ3n) is 12.4. The Hall–Kier alpha value is -4.99. The highest BCUT2D eigenvalue weighted by Gasteiger charge is 2.62. The van der Waals surface area contributed by atoms with Gasteiger partial charge in [0.25, 0.3) is 11.8 Å². The molecule has 1 saturated carbocycles. The molecule has 0 bridgehead atoms. The minimum Gasteiger partial charge on any atom is -0.497 e. The monoisotopic (exact) mass is 891 g/mol. The molecule has 7 rings (SSSR count). The van der Waals surface area contributed by atoms with E-state index in [4.69, 9.17) is 14.2 Å². The third-order valence-corrected chi connectivity index (χ3v) is 14.1. The lowest BCUT2D eigenvalue weighted by Gasteiger charge is -2.41. The Kier molecular flexibility index (Phi) is 11.6. The maximum Gasteiger partial charge on any atom is 0.427 e. The van der Waals surface area contributed by atoms with Crippen molar-refractivity contribution in [2.45, 2.75) is 144 Å². The number of allylic oxidation sites excluding steroid dienone is 1. The lowest BCUT2D eigenvalue weighted by atomic mass is 9.75. The molecule has 3 N–H and O–H groups in total. The number of fused-ring (bicyclic) bond motifs is 5. The van der Waals surface area contributed by atoms with E-state index in [9.17, 15) is 36.6 Å². The van der Waals surface area contributed by atoms with Gasteiger partial charge in [0.15, 0.2) is 11.3 Å². The van der Waals surface area contributed by atoms with E-state index in [1.54, 1.807) is 45.1 Å². The van der Waals surface area contributed by atoms with E-state index < -0.39 is 117 Å². The van der Waals surface area contributed by atoms with E-state index in [1.807, 2.05) is 0 Å². The Balaban J connectivity index is 1.31. The highest BCUT2D eigenvalue weighted by molar-refractivity contribution is 7.85. The Morgan fingerprint density at radius 1 is 1.13 bits per heavy atom. The number of nitrogens with one attached hydrogen (secondary N) is 3. The maximum atomic E-state index is 17.1. The summed E-state index contributed by atoms with van der Waals surface area (Å²) in [6, 6.07) is 1.36. The second-order valence-electron chi connectivity index (χ2n) is 17.9. The van der Waals surface area contributed by atoms with Crippen LogP contribution >= 0.6 is 0 Å².